The van der Waals surface area contributed by atoms with Crippen molar-refractivity contribution in [3.8, 4) is 5.75 Å². The monoisotopic (exact) mass is 261 g/mol. The van der Waals surface area contributed by atoms with Gasteiger partial charge in [-0.2, -0.15) is 0 Å². The predicted molar refractivity (Wildman–Crippen MR) is 80.9 cm³/mol. The maximum absolute atomic E-state index is 6.27. The molecule has 2 heteroatoms. The molecular weight excluding hydrogens is 234 g/mol. The van der Waals surface area contributed by atoms with Crippen molar-refractivity contribution in [2.45, 2.75) is 64.5 Å². The van der Waals surface area contributed by atoms with Gasteiger partial charge in [0.25, 0.3) is 0 Å². The molecule has 1 N–H and O–H groups in total. The van der Waals surface area contributed by atoms with Gasteiger partial charge in [0.2, 0.25) is 0 Å². The van der Waals surface area contributed by atoms with E-state index in [-0.39, 0.29) is 0 Å². The Balaban J connectivity index is 2.00. The van der Waals surface area contributed by atoms with Gasteiger partial charge in [0.05, 0.1) is 0 Å². The van der Waals surface area contributed by atoms with Gasteiger partial charge in [-0.05, 0) is 49.8 Å². The van der Waals surface area contributed by atoms with Crippen LogP contribution < -0.4 is 10.1 Å². The van der Waals surface area contributed by atoms with Gasteiger partial charge in [-0.15, -0.1) is 0 Å². The van der Waals surface area contributed by atoms with Crippen molar-refractivity contribution in [3.05, 3.63) is 29.8 Å². The molecule has 106 valence electrons. The molecule has 0 saturated heterocycles. The average Bonchev–Trinajstić information content (AvgIpc) is 2.86. The molecule has 1 fully saturated rings. The van der Waals surface area contributed by atoms with E-state index in [1.54, 1.807) is 0 Å². The van der Waals surface area contributed by atoms with E-state index in [0.717, 1.165) is 25.1 Å². The lowest BCUT2D eigenvalue weighted by Gasteiger charge is -2.20. The maximum atomic E-state index is 6.27. The van der Waals surface area contributed by atoms with E-state index in [9.17, 15) is 0 Å². The van der Waals surface area contributed by atoms with Crippen LogP contribution in [0.4, 0.5) is 0 Å². The lowest BCUT2D eigenvalue weighted by Crippen LogP contribution is -2.27. The van der Waals surface area contributed by atoms with Crippen LogP contribution in [0.25, 0.3) is 0 Å². The molecule has 1 aliphatic carbocycles. The van der Waals surface area contributed by atoms with Crippen molar-refractivity contribution in [2.75, 3.05) is 6.54 Å². The molecule has 0 heterocycles. The fourth-order valence-electron chi connectivity index (χ4n) is 2.92. The number of rotatable bonds is 6. The molecule has 2 rings (SSSR count). The minimum atomic E-state index is 0.384. The van der Waals surface area contributed by atoms with E-state index in [1.807, 2.05) is 0 Å². The van der Waals surface area contributed by atoms with Crippen LogP contribution in [0.1, 0.15) is 57.9 Å². The third-order valence-electron chi connectivity index (χ3n) is 4.23. The second kappa shape index (κ2) is 6.95. The number of para-hydroxylation sites is 1. The summed E-state index contributed by atoms with van der Waals surface area (Å²) < 4.78 is 6.27. The summed E-state index contributed by atoms with van der Waals surface area (Å²) in [6.45, 7) is 7.74. The van der Waals surface area contributed by atoms with Crippen LogP contribution in [0, 0.1) is 0 Å². The van der Waals surface area contributed by atoms with Crippen molar-refractivity contribution in [3.63, 3.8) is 0 Å². The van der Waals surface area contributed by atoms with E-state index >= 15 is 0 Å². The highest BCUT2D eigenvalue weighted by molar-refractivity contribution is 5.36. The summed E-state index contributed by atoms with van der Waals surface area (Å²) in [6.07, 6.45) is 5.10. The Morgan fingerprint density at radius 1 is 1.26 bits per heavy atom. The van der Waals surface area contributed by atoms with Crippen LogP contribution >= 0.6 is 0 Å². The van der Waals surface area contributed by atoms with Crippen LogP contribution in [0.15, 0.2) is 24.3 Å². The Bertz CT molecular complexity index is 391. The maximum Gasteiger partial charge on any atom is 0.123 e. The fourth-order valence-corrected chi connectivity index (χ4v) is 2.92. The second-order valence-corrected chi connectivity index (χ2v) is 5.65. The third-order valence-corrected chi connectivity index (χ3v) is 4.23. The first-order valence-corrected chi connectivity index (χ1v) is 7.73. The van der Waals surface area contributed by atoms with Gasteiger partial charge in [0, 0.05) is 6.04 Å². The standard InChI is InChI=1S/C17H27NO/c1-4-13(3)16-8-6-7-9-17(16)19-15-11-10-14(12-15)18-5-2/h6-9,13-15,18H,4-5,10-12H2,1-3H3. The summed E-state index contributed by atoms with van der Waals surface area (Å²) in [6, 6.07) is 9.18. The quantitative estimate of drug-likeness (QED) is 0.832. The van der Waals surface area contributed by atoms with Gasteiger partial charge >= 0.3 is 0 Å². The van der Waals surface area contributed by atoms with E-state index in [4.69, 9.17) is 4.74 Å². The molecule has 1 aromatic rings. The van der Waals surface area contributed by atoms with Gasteiger partial charge in [-0.25, -0.2) is 0 Å². The Morgan fingerprint density at radius 2 is 2.05 bits per heavy atom. The molecule has 0 bridgehead atoms. The van der Waals surface area contributed by atoms with Gasteiger partial charge in [-0.3, -0.25) is 0 Å². The third kappa shape index (κ3) is 3.73. The summed E-state index contributed by atoms with van der Waals surface area (Å²) in [4.78, 5) is 0. The van der Waals surface area contributed by atoms with Gasteiger partial charge in [0.15, 0.2) is 0 Å². The van der Waals surface area contributed by atoms with Crippen LogP contribution in [0.5, 0.6) is 5.75 Å². The van der Waals surface area contributed by atoms with Gasteiger partial charge in [-0.1, -0.05) is 39.0 Å². The lowest BCUT2D eigenvalue weighted by atomic mass is 9.98. The molecule has 3 unspecified atom stereocenters. The molecule has 19 heavy (non-hydrogen) atoms. The van der Waals surface area contributed by atoms with E-state index < -0.39 is 0 Å². The smallest absolute Gasteiger partial charge is 0.123 e. The first-order valence-electron chi connectivity index (χ1n) is 7.73. The fraction of sp³-hybridized carbons (Fsp3) is 0.647. The van der Waals surface area contributed by atoms with Crippen molar-refractivity contribution >= 4 is 0 Å². The highest BCUT2D eigenvalue weighted by Gasteiger charge is 2.26. The van der Waals surface area contributed by atoms with Gasteiger partial charge in [0.1, 0.15) is 11.9 Å². The summed E-state index contributed by atoms with van der Waals surface area (Å²) in [5, 5.41) is 3.53. The van der Waals surface area contributed by atoms with E-state index in [0.29, 0.717) is 18.1 Å². The van der Waals surface area contributed by atoms with Crippen molar-refractivity contribution in [1.29, 1.82) is 0 Å². The van der Waals surface area contributed by atoms with E-state index in [2.05, 4.69) is 50.4 Å². The van der Waals surface area contributed by atoms with Crippen LogP contribution in [0.2, 0.25) is 0 Å². The molecule has 0 aliphatic heterocycles. The summed E-state index contributed by atoms with van der Waals surface area (Å²) in [7, 11) is 0. The first-order chi connectivity index (χ1) is 9.24. The molecule has 0 aromatic heterocycles. The zero-order valence-electron chi connectivity index (χ0n) is 12.5. The number of hydrogen-bond donors (Lipinski definition) is 1. The van der Waals surface area contributed by atoms with E-state index in [1.165, 1.54) is 18.4 Å². The molecule has 0 spiro atoms. The molecule has 0 radical (unpaired) electrons. The number of nitrogens with one attached hydrogen (secondary N) is 1. The number of benzene rings is 1. The molecule has 3 atom stereocenters. The molecule has 2 nitrogen and oxygen atoms in total. The summed E-state index contributed by atoms with van der Waals surface area (Å²) in [5.74, 6) is 1.67. The molecular formula is C17H27NO. The zero-order valence-corrected chi connectivity index (χ0v) is 12.5. The minimum Gasteiger partial charge on any atom is -0.490 e. The van der Waals surface area contributed by atoms with Crippen LogP contribution in [-0.4, -0.2) is 18.7 Å². The Hall–Kier alpha value is -1.02. The van der Waals surface area contributed by atoms with Gasteiger partial charge < -0.3 is 10.1 Å². The number of ether oxygens (including phenoxy) is 1. The lowest BCUT2D eigenvalue weighted by molar-refractivity contribution is 0.203. The first kappa shape index (κ1) is 14.4. The van der Waals surface area contributed by atoms with Crippen molar-refractivity contribution < 1.29 is 4.74 Å². The Labute approximate surface area is 117 Å². The average molecular weight is 261 g/mol. The summed E-state index contributed by atoms with van der Waals surface area (Å²) in [5.41, 5.74) is 1.36. The zero-order chi connectivity index (χ0) is 13.7. The van der Waals surface area contributed by atoms with Crippen molar-refractivity contribution in [1.82, 2.24) is 5.32 Å². The highest BCUT2D eigenvalue weighted by Crippen LogP contribution is 2.32. The highest BCUT2D eigenvalue weighted by atomic mass is 16.5. The van der Waals surface area contributed by atoms with Crippen LogP contribution in [0.3, 0.4) is 0 Å². The molecule has 1 aromatic carbocycles. The molecule has 1 aliphatic rings. The minimum absolute atomic E-state index is 0.384. The van der Waals surface area contributed by atoms with Crippen LogP contribution in [-0.2, 0) is 0 Å². The molecule has 1 saturated carbocycles. The SMILES string of the molecule is CCNC1CCC(Oc2ccccc2C(C)CC)C1. The predicted octanol–water partition coefficient (Wildman–Crippen LogP) is 4.11. The largest absolute Gasteiger partial charge is 0.490 e. The summed E-state index contributed by atoms with van der Waals surface area (Å²) >= 11 is 0. The Morgan fingerprint density at radius 3 is 2.79 bits per heavy atom. The second-order valence-electron chi connectivity index (χ2n) is 5.65. The van der Waals surface area contributed by atoms with Crippen molar-refractivity contribution in [2.24, 2.45) is 0 Å². The molecule has 0 amide bonds. The number of hydrogen-bond acceptors (Lipinski definition) is 2. The topological polar surface area (TPSA) is 21.3 Å². The normalized spacial score (nSPS) is 24.4. The Kier molecular flexibility index (Phi) is 5.26.